The minimum absolute atomic E-state index is 0. The van der Waals surface area contributed by atoms with Gasteiger partial charge >= 0.3 is 0 Å². The SMILES string of the molecule is CCN(Cc1ccc(OC)cc1)C(=O)CCCCCCN.Cl. The number of hydrogen-bond acceptors (Lipinski definition) is 3. The van der Waals surface area contributed by atoms with Gasteiger partial charge in [-0.25, -0.2) is 0 Å². The van der Waals surface area contributed by atoms with Gasteiger partial charge in [-0.05, 0) is 44.0 Å². The number of methoxy groups -OCH3 is 1. The largest absolute Gasteiger partial charge is 0.497 e. The van der Waals surface area contributed by atoms with E-state index >= 15 is 0 Å². The molecule has 5 heteroatoms. The van der Waals surface area contributed by atoms with Crippen LogP contribution in [0.4, 0.5) is 0 Å². The van der Waals surface area contributed by atoms with Crippen LogP contribution in [0.3, 0.4) is 0 Å². The number of carbonyl (C=O) groups excluding carboxylic acids is 1. The first-order chi connectivity index (χ1) is 10.2. The first kappa shape index (κ1) is 20.7. The summed E-state index contributed by atoms with van der Waals surface area (Å²) in [6.07, 6.45) is 4.85. The molecule has 0 aromatic heterocycles. The van der Waals surface area contributed by atoms with Gasteiger partial charge in [0.1, 0.15) is 5.75 Å². The highest BCUT2D eigenvalue weighted by Crippen LogP contribution is 2.14. The molecule has 0 bridgehead atoms. The summed E-state index contributed by atoms with van der Waals surface area (Å²) in [5, 5.41) is 0. The lowest BCUT2D eigenvalue weighted by molar-refractivity contribution is -0.131. The molecule has 4 nitrogen and oxygen atoms in total. The molecule has 0 radical (unpaired) electrons. The summed E-state index contributed by atoms with van der Waals surface area (Å²) in [5.41, 5.74) is 6.60. The van der Waals surface area contributed by atoms with Crippen molar-refractivity contribution in [1.29, 1.82) is 0 Å². The van der Waals surface area contributed by atoms with E-state index in [0.29, 0.717) is 13.0 Å². The van der Waals surface area contributed by atoms with Crippen LogP contribution in [-0.4, -0.2) is 31.0 Å². The van der Waals surface area contributed by atoms with E-state index in [1.165, 1.54) is 0 Å². The molecule has 1 aromatic carbocycles. The van der Waals surface area contributed by atoms with Crippen molar-refractivity contribution in [3.05, 3.63) is 29.8 Å². The topological polar surface area (TPSA) is 55.6 Å². The number of carbonyl (C=O) groups is 1. The summed E-state index contributed by atoms with van der Waals surface area (Å²) < 4.78 is 5.14. The van der Waals surface area contributed by atoms with E-state index in [9.17, 15) is 4.79 Å². The zero-order valence-electron chi connectivity index (χ0n) is 13.7. The van der Waals surface area contributed by atoms with E-state index in [4.69, 9.17) is 10.5 Å². The van der Waals surface area contributed by atoms with Gasteiger partial charge in [0.15, 0.2) is 0 Å². The van der Waals surface area contributed by atoms with Crippen LogP contribution in [0.5, 0.6) is 5.75 Å². The van der Waals surface area contributed by atoms with E-state index in [-0.39, 0.29) is 18.3 Å². The lowest BCUT2D eigenvalue weighted by Gasteiger charge is -2.21. The third-order valence-corrected chi connectivity index (χ3v) is 3.61. The molecule has 0 unspecified atom stereocenters. The highest BCUT2D eigenvalue weighted by molar-refractivity contribution is 5.85. The van der Waals surface area contributed by atoms with Crippen LogP contribution in [0.15, 0.2) is 24.3 Å². The summed E-state index contributed by atoms with van der Waals surface area (Å²) >= 11 is 0. The van der Waals surface area contributed by atoms with Crippen LogP contribution in [0, 0.1) is 0 Å². The van der Waals surface area contributed by atoms with Gasteiger partial charge in [-0.3, -0.25) is 4.79 Å². The number of hydrogen-bond donors (Lipinski definition) is 1. The molecule has 0 spiro atoms. The molecule has 0 saturated heterocycles. The average Bonchev–Trinajstić information content (AvgIpc) is 2.52. The predicted molar refractivity (Wildman–Crippen MR) is 93.5 cm³/mol. The number of nitrogens with zero attached hydrogens (tertiary/aromatic N) is 1. The summed E-state index contributed by atoms with van der Waals surface area (Å²) in [6, 6.07) is 7.88. The number of ether oxygens (including phenoxy) is 1. The molecule has 0 aliphatic heterocycles. The maximum atomic E-state index is 12.2. The molecule has 0 atom stereocenters. The highest BCUT2D eigenvalue weighted by Gasteiger charge is 2.11. The first-order valence-electron chi connectivity index (χ1n) is 7.82. The quantitative estimate of drug-likeness (QED) is 0.670. The number of rotatable bonds is 10. The highest BCUT2D eigenvalue weighted by atomic mass is 35.5. The Bertz CT molecular complexity index is 410. The monoisotopic (exact) mass is 328 g/mol. The van der Waals surface area contributed by atoms with Crippen molar-refractivity contribution in [2.24, 2.45) is 5.73 Å². The summed E-state index contributed by atoms with van der Waals surface area (Å²) in [7, 11) is 1.65. The van der Waals surface area contributed by atoms with Gasteiger partial charge in [-0.15, -0.1) is 12.4 Å². The second-order valence-electron chi connectivity index (χ2n) is 5.21. The lowest BCUT2D eigenvalue weighted by atomic mass is 10.1. The third-order valence-electron chi connectivity index (χ3n) is 3.61. The van der Waals surface area contributed by atoms with E-state index in [1.807, 2.05) is 36.1 Å². The van der Waals surface area contributed by atoms with Crippen molar-refractivity contribution >= 4 is 18.3 Å². The number of unbranched alkanes of at least 4 members (excludes halogenated alkanes) is 3. The third kappa shape index (κ3) is 7.66. The predicted octanol–water partition coefficient (Wildman–Crippen LogP) is 3.37. The van der Waals surface area contributed by atoms with Gasteiger partial charge in [-0.1, -0.05) is 25.0 Å². The minimum atomic E-state index is 0. The van der Waals surface area contributed by atoms with Crippen LogP contribution in [-0.2, 0) is 11.3 Å². The maximum absolute atomic E-state index is 12.2. The number of benzene rings is 1. The summed E-state index contributed by atoms with van der Waals surface area (Å²) in [4.78, 5) is 14.1. The fraction of sp³-hybridized carbons (Fsp3) is 0.588. The summed E-state index contributed by atoms with van der Waals surface area (Å²) in [6.45, 7) is 4.18. The lowest BCUT2D eigenvalue weighted by Crippen LogP contribution is -2.30. The van der Waals surface area contributed by atoms with Gasteiger partial charge in [0.05, 0.1) is 7.11 Å². The fourth-order valence-corrected chi connectivity index (χ4v) is 2.26. The molecule has 0 aliphatic rings. The zero-order chi connectivity index (χ0) is 15.5. The Hall–Kier alpha value is -1.26. The standard InChI is InChI=1S/C17H28N2O2.ClH/c1-3-19(17(20)8-6-4-5-7-13-18)14-15-9-11-16(21-2)12-10-15;/h9-12H,3-8,13-14,18H2,1-2H3;1H. The fourth-order valence-electron chi connectivity index (χ4n) is 2.26. The molecule has 0 saturated carbocycles. The Kier molecular flexibility index (Phi) is 11.6. The number of halogens is 1. The maximum Gasteiger partial charge on any atom is 0.222 e. The minimum Gasteiger partial charge on any atom is -0.497 e. The molecule has 0 aliphatic carbocycles. The number of nitrogens with two attached hydrogens (primary N) is 1. The summed E-state index contributed by atoms with van der Waals surface area (Å²) in [5.74, 6) is 1.08. The van der Waals surface area contributed by atoms with Gasteiger partial charge in [0.25, 0.3) is 0 Å². The molecule has 0 heterocycles. The first-order valence-corrected chi connectivity index (χ1v) is 7.82. The Morgan fingerprint density at radius 2 is 1.77 bits per heavy atom. The average molecular weight is 329 g/mol. The second kappa shape index (κ2) is 12.3. The van der Waals surface area contributed by atoms with E-state index in [1.54, 1.807) is 7.11 Å². The Morgan fingerprint density at radius 1 is 1.14 bits per heavy atom. The van der Waals surface area contributed by atoms with Crippen molar-refractivity contribution in [3.8, 4) is 5.75 Å². The smallest absolute Gasteiger partial charge is 0.222 e. The van der Waals surface area contributed by atoms with Crippen molar-refractivity contribution in [3.63, 3.8) is 0 Å². The molecule has 126 valence electrons. The van der Waals surface area contributed by atoms with Crippen LogP contribution in [0.2, 0.25) is 0 Å². The molecule has 2 N–H and O–H groups in total. The van der Waals surface area contributed by atoms with Crippen LogP contribution >= 0.6 is 12.4 Å². The molecule has 1 amide bonds. The molecule has 22 heavy (non-hydrogen) atoms. The van der Waals surface area contributed by atoms with Crippen LogP contribution in [0.25, 0.3) is 0 Å². The Labute approximate surface area is 140 Å². The van der Waals surface area contributed by atoms with Crippen LogP contribution < -0.4 is 10.5 Å². The van der Waals surface area contributed by atoms with E-state index in [0.717, 1.165) is 50.1 Å². The molecule has 1 aromatic rings. The zero-order valence-corrected chi connectivity index (χ0v) is 14.5. The molecular formula is C17H29ClN2O2. The molecular weight excluding hydrogens is 300 g/mol. The van der Waals surface area contributed by atoms with Crippen molar-refractivity contribution < 1.29 is 9.53 Å². The van der Waals surface area contributed by atoms with Crippen LogP contribution in [0.1, 0.15) is 44.6 Å². The van der Waals surface area contributed by atoms with Gasteiger partial charge < -0.3 is 15.4 Å². The number of amides is 1. The molecule has 1 rings (SSSR count). The Morgan fingerprint density at radius 3 is 2.32 bits per heavy atom. The van der Waals surface area contributed by atoms with E-state index in [2.05, 4.69) is 0 Å². The van der Waals surface area contributed by atoms with E-state index < -0.39 is 0 Å². The molecule has 0 fully saturated rings. The van der Waals surface area contributed by atoms with Gasteiger partial charge in [0.2, 0.25) is 5.91 Å². The normalized spacial score (nSPS) is 9.95. The second-order valence-corrected chi connectivity index (χ2v) is 5.21. The van der Waals surface area contributed by atoms with Gasteiger partial charge in [-0.2, -0.15) is 0 Å². The van der Waals surface area contributed by atoms with Gasteiger partial charge in [0, 0.05) is 19.5 Å². The Balaban J connectivity index is 0.00000441. The van der Waals surface area contributed by atoms with Crippen molar-refractivity contribution in [2.45, 2.75) is 45.6 Å². The van der Waals surface area contributed by atoms with Crippen molar-refractivity contribution in [2.75, 3.05) is 20.2 Å². The van der Waals surface area contributed by atoms with Crippen molar-refractivity contribution in [1.82, 2.24) is 4.90 Å².